The summed E-state index contributed by atoms with van der Waals surface area (Å²) in [5, 5.41) is 4.16. The van der Waals surface area contributed by atoms with Gasteiger partial charge in [-0.3, -0.25) is 4.68 Å². The van der Waals surface area contributed by atoms with Crippen LogP contribution in [0.15, 0.2) is 30.6 Å². The molecule has 0 saturated heterocycles. The monoisotopic (exact) mass is 242 g/mol. The van der Waals surface area contributed by atoms with Crippen LogP contribution in [0.3, 0.4) is 0 Å². The SMILES string of the molecule is Cn1cc(-c2c[c]cc(OCC3(N)CC3)c2)cn1. The fourth-order valence-electron chi connectivity index (χ4n) is 1.80. The molecule has 0 amide bonds. The lowest BCUT2D eigenvalue weighted by atomic mass is 10.1. The first-order valence-electron chi connectivity index (χ1n) is 6.07. The van der Waals surface area contributed by atoms with Crippen molar-refractivity contribution in [2.75, 3.05) is 6.61 Å². The number of hydrogen-bond donors (Lipinski definition) is 1. The van der Waals surface area contributed by atoms with Gasteiger partial charge < -0.3 is 10.5 Å². The Labute approximate surface area is 106 Å². The van der Waals surface area contributed by atoms with Crippen LogP contribution < -0.4 is 10.5 Å². The van der Waals surface area contributed by atoms with E-state index in [1.165, 1.54) is 0 Å². The van der Waals surface area contributed by atoms with Crippen LogP contribution in [0.5, 0.6) is 5.75 Å². The summed E-state index contributed by atoms with van der Waals surface area (Å²) in [7, 11) is 1.90. The number of nitrogens with two attached hydrogens (primary N) is 1. The van der Waals surface area contributed by atoms with E-state index < -0.39 is 0 Å². The Morgan fingerprint density at radius 1 is 1.44 bits per heavy atom. The second-order valence-electron chi connectivity index (χ2n) is 5.01. The van der Waals surface area contributed by atoms with Gasteiger partial charge in [-0.25, -0.2) is 0 Å². The Morgan fingerprint density at radius 3 is 2.94 bits per heavy atom. The zero-order chi connectivity index (χ0) is 12.6. The number of aromatic nitrogens is 2. The first-order chi connectivity index (χ1) is 8.65. The molecule has 1 aromatic carbocycles. The minimum absolute atomic E-state index is 0.0929. The molecule has 93 valence electrons. The van der Waals surface area contributed by atoms with Crippen LogP contribution in [0.2, 0.25) is 0 Å². The van der Waals surface area contributed by atoms with E-state index in [1.54, 1.807) is 4.68 Å². The van der Waals surface area contributed by atoms with Crippen LogP contribution in [0.1, 0.15) is 12.8 Å². The summed E-state index contributed by atoms with van der Waals surface area (Å²) in [5.74, 6) is 0.813. The summed E-state index contributed by atoms with van der Waals surface area (Å²) in [6, 6.07) is 8.86. The summed E-state index contributed by atoms with van der Waals surface area (Å²) in [4.78, 5) is 0. The number of hydrogen-bond acceptors (Lipinski definition) is 3. The van der Waals surface area contributed by atoms with Crippen molar-refractivity contribution < 1.29 is 4.74 Å². The van der Waals surface area contributed by atoms with Crippen LogP contribution in [-0.4, -0.2) is 21.9 Å². The minimum atomic E-state index is -0.0929. The summed E-state index contributed by atoms with van der Waals surface area (Å²) < 4.78 is 7.50. The molecule has 0 atom stereocenters. The zero-order valence-electron chi connectivity index (χ0n) is 10.4. The van der Waals surface area contributed by atoms with Gasteiger partial charge in [0, 0.05) is 18.8 Å². The third kappa shape index (κ3) is 2.38. The smallest absolute Gasteiger partial charge is 0.120 e. The van der Waals surface area contributed by atoms with Gasteiger partial charge in [0.25, 0.3) is 0 Å². The fraction of sp³-hybridized carbons (Fsp3) is 0.357. The van der Waals surface area contributed by atoms with Crippen LogP contribution in [-0.2, 0) is 7.05 Å². The molecule has 2 N–H and O–H groups in total. The molecule has 0 aliphatic heterocycles. The van der Waals surface area contributed by atoms with Gasteiger partial charge in [0.05, 0.1) is 11.7 Å². The maximum Gasteiger partial charge on any atom is 0.120 e. The summed E-state index contributed by atoms with van der Waals surface area (Å²) >= 11 is 0. The Bertz CT molecular complexity index is 558. The van der Waals surface area contributed by atoms with E-state index in [-0.39, 0.29) is 5.54 Å². The van der Waals surface area contributed by atoms with Gasteiger partial charge in [-0.15, -0.1) is 0 Å². The van der Waals surface area contributed by atoms with Crippen LogP contribution >= 0.6 is 0 Å². The van der Waals surface area contributed by atoms with Gasteiger partial charge in [-0.05, 0) is 42.7 Å². The van der Waals surface area contributed by atoms with Gasteiger partial charge in [0.2, 0.25) is 0 Å². The predicted molar refractivity (Wildman–Crippen MR) is 69.1 cm³/mol. The molecule has 4 heteroatoms. The highest BCUT2D eigenvalue weighted by Crippen LogP contribution is 2.33. The number of benzene rings is 1. The highest BCUT2D eigenvalue weighted by atomic mass is 16.5. The van der Waals surface area contributed by atoms with E-state index in [2.05, 4.69) is 11.2 Å². The van der Waals surface area contributed by atoms with Crippen molar-refractivity contribution in [1.29, 1.82) is 0 Å². The molecule has 1 aromatic heterocycles. The molecule has 18 heavy (non-hydrogen) atoms. The second kappa shape index (κ2) is 4.14. The van der Waals surface area contributed by atoms with Crippen molar-refractivity contribution in [3.05, 3.63) is 36.7 Å². The van der Waals surface area contributed by atoms with E-state index in [0.29, 0.717) is 6.61 Å². The number of ether oxygens (including phenoxy) is 1. The molecule has 1 aliphatic rings. The highest BCUT2D eigenvalue weighted by molar-refractivity contribution is 5.63. The molecular formula is C14H16N3O. The first kappa shape index (κ1) is 11.3. The van der Waals surface area contributed by atoms with Crippen molar-refractivity contribution in [2.45, 2.75) is 18.4 Å². The quantitative estimate of drug-likeness (QED) is 0.888. The van der Waals surface area contributed by atoms with Gasteiger partial charge >= 0.3 is 0 Å². The zero-order valence-corrected chi connectivity index (χ0v) is 10.4. The average molecular weight is 242 g/mol. The Hall–Kier alpha value is -1.81. The highest BCUT2D eigenvalue weighted by Gasteiger charge is 2.39. The predicted octanol–water partition coefficient (Wildman–Crippen LogP) is 1.76. The molecule has 1 heterocycles. The molecular weight excluding hydrogens is 226 g/mol. The summed E-state index contributed by atoms with van der Waals surface area (Å²) in [6.45, 7) is 0.581. The standard InChI is InChI=1S/C14H16N3O/c1-17-9-12(8-16-17)11-3-2-4-13(7-11)18-10-14(15)5-6-14/h3-4,7-9H,5-6,10,15H2,1H3. The third-order valence-electron chi connectivity index (χ3n) is 3.22. The molecule has 3 rings (SSSR count). The van der Waals surface area contributed by atoms with Gasteiger partial charge in [-0.1, -0.05) is 0 Å². The fourth-order valence-corrected chi connectivity index (χ4v) is 1.80. The number of aryl methyl sites for hydroxylation is 1. The molecule has 1 radical (unpaired) electrons. The van der Waals surface area contributed by atoms with Crippen molar-refractivity contribution in [1.82, 2.24) is 9.78 Å². The van der Waals surface area contributed by atoms with E-state index in [9.17, 15) is 0 Å². The Kier molecular flexibility index (Phi) is 2.59. The van der Waals surface area contributed by atoms with E-state index in [4.69, 9.17) is 10.5 Å². The Balaban J connectivity index is 1.76. The molecule has 1 fully saturated rings. The van der Waals surface area contributed by atoms with Gasteiger partial charge in [0.15, 0.2) is 0 Å². The molecule has 2 aromatic rings. The first-order valence-corrected chi connectivity index (χ1v) is 6.07. The second-order valence-corrected chi connectivity index (χ2v) is 5.01. The normalized spacial score (nSPS) is 16.6. The number of nitrogens with zero attached hydrogens (tertiary/aromatic N) is 2. The van der Waals surface area contributed by atoms with Crippen LogP contribution in [0.25, 0.3) is 11.1 Å². The molecule has 0 bridgehead atoms. The van der Waals surface area contributed by atoms with E-state index >= 15 is 0 Å². The maximum absolute atomic E-state index is 6.00. The van der Waals surface area contributed by atoms with Crippen molar-refractivity contribution in [2.24, 2.45) is 12.8 Å². The summed E-state index contributed by atoms with van der Waals surface area (Å²) in [5.41, 5.74) is 8.03. The Morgan fingerprint density at radius 2 is 2.28 bits per heavy atom. The summed E-state index contributed by atoms with van der Waals surface area (Å²) in [6.07, 6.45) is 5.91. The number of rotatable bonds is 4. The lowest BCUT2D eigenvalue weighted by Gasteiger charge is -2.11. The van der Waals surface area contributed by atoms with Crippen LogP contribution in [0, 0.1) is 6.07 Å². The lowest BCUT2D eigenvalue weighted by Crippen LogP contribution is -2.29. The maximum atomic E-state index is 6.00. The average Bonchev–Trinajstić information content (AvgIpc) is 2.95. The molecule has 0 spiro atoms. The van der Waals surface area contributed by atoms with Crippen LogP contribution in [0.4, 0.5) is 0 Å². The van der Waals surface area contributed by atoms with Crippen molar-refractivity contribution >= 4 is 0 Å². The van der Waals surface area contributed by atoms with Gasteiger partial charge in [0.1, 0.15) is 12.4 Å². The third-order valence-corrected chi connectivity index (χ3v) is 3.22. The molecule has 1 aliphatic carbocycles. The van der Waals surface area contributed by atoms with Crippen molar-refractivity contribution in [3.8, 4) is 16.9 Å². The van der Waals surface area contributed by atoms with E-state index in [1.807, 2.05) is 37.6 Å². The van der Waals surface area contributed by atoms with Gasteiger partial charge in [-0.2, -0.15) is 5.10 Å². The lowest BCUT2D eigenvalue weighted by molar-refractivity contribution is 0.279. The molecule has 4 nitrogen and oxygen atoms in total. The van der Waals surface area contributed by atoms with E-state index in [0.717, 1.165) is 29.7 Å². The molecule has 1 saturated carbocycles. The molecule has 0 unspecified atom stereocenters. The minimum Gasteiger partial charge on any atom is -0.492 e. The topological polar surface area (TPSA) is 53.1 Å². The largest absolute Gasteiger partial charge is 0.492 e. The van der Waals surface area contributed by atoms with Crippen molar-refractivity contribution in [3.63, 3.8) is 0 Å².